The van der Waals surface area contributed by atoms with Gasteiger partial charge in [0, 0.05) is 13.1 Å². The van der Waals surface area contributed by atoms with Crippen LogP contribution in [0.2, 0.25) is 0 Å². The standard InChI is InChI=1S/C14H21NO3/c1-2-3-8-15-9-7-10-5-4-6-11(14(17)18)12(10)13(15)16/h4-5,10-12H,2-3,6-9H2,1H3,(H,17,18)/t10-,11-,12+/m1/s1. The van der Waals surface area contributed by atoms with Crippen molar-refractivity contribution in [2.24, 2.45) is 17.8 Å². The van der Waals surface area contributed by atoms with Crippen LogP contribution in [0.3, 0.4) is 0 Å². The summed E-state index contributed by atoms with van der Waals surface area (Å²) in [6.07, 6.45) is 7.41. The largest absolute Gasteiger partial charge is 0.481 e. The van der Waals surface area contributed by atoms with E-state index in [-0.39, 0.29) is 17.7 Å². The Kier molecular flexibility index (Phi) is 4.04. The Bertz CT molecular complexity index is 364. The van der Waals surface area contributed by atoms with E-state index in [9.17, 15) is 14.7 Å². The summed E-state index contributed by atoms with van der Waals surface area (Å²) in [7, 11) is 0. The van der Waals surface area contributed by atoms with E-state index in [0.29, 0.717) is 6.42 Å². The number of carboxylic acid groups (broad SMARTS) is 1. The molecule has 0 spiro atoms. The van der Waals surface area contributed by atoms with Crippen molar-refractivity contribution in [2.45, 2.75) is 32.6 Å². The number of carbonyl (C=O) groups is 2. The molecule has 1 amide bonds. The summed E-state index contributed by atoms with van der Waals surface area (Å²) in [5, 5.41) is 9.25. The van der Waals surface area contributed by atoms with Gasteiger partial charge >= 0.3 is 5.97 Å². The number of unbranched alkanes of at least 4 members (excludes halogenated alkanes) is 1. The van der Waals surface area contributed by atoms with Crippen molar-refractivity contribution in [1.82, 2.24) is 4.90 Å². The molecule has 4 nitrogen and oxygen atoms in total. The lowest BCUT2D eigenvalue weighted by Crippen LogP contribution is -2.50. The van der Waals surface area contributed by atoms with Crippen LogP contribution in [0.15, 0.2) is 12.2 Å². The second-order valence-electron chi connectivity index (χ2n) is 5.27. The van der Waals surface area contributed by atoms with Gasteiger partial charge in [0.25, 0.3) is 0 Å². The minimum atomic E-state index is -0.833. The van der Waals surface area contributed by atoms with Crippen molar-refractivity contribution < 1.29 is 14.7 Å². The topological polar surface area (TPSA) is 57.6 Å². The highest BCUT2D eigenvalue weighted by Gasteiger charge is 2.44. The highest BCUT2D eigenvalue weighted by molar-refractivity contribution is 5.86. The second kappa shape index (κ2) is 5.55. The van der Waals surface area contributed by atoms with Crippen LogP contribution >= 0.6 is 0 Å². The summed E-state index contributed by atoms with van der Waals surface area (Å²) in [5.74, 6) is -1.52. The quantitative estimate of drug-likeness (QED) is 0.776. The lowest BCUT2D eigenvalue weighted by molar-refractivity contribution is -0.154. The van der Waals surface area contributed by atoms with Crippen LogP contribution in [0.4, 0.5) is 0 Å². The monoisotopic (exact) mass is 251 g/mol. The predicted molar refractivity (Wildman–Crippen MR) is 68.0 cm³/mol. The van der Waals surface area contributed by atoms with E-state index in [4.69, 9.17) is 0 Å². The van der Waals surface area contributed by atoms with Crippen molar-refractivity contribution in [3.63, 3.8) is 0 Å². The number of carbonyl (C=O) groups excluding carboxylic acids is 1. The first-order chi connectivity index (χ1) is 8.65. The van der Waals surface area contributed by atoms with E-state index in [1.54, 1.807) is 0 Å². The molecule has 2 rings (SSSR count). The normalized spacial score (nSPS) is 31.3. The SMILES string of the molecule is CCCCN1CC[C@H]2C=CC[C@@H](C(=O)O)[C@H]2C1=O. The molecule has 0 unspecified atom stereocenters. The van der Waals surface area contributed by atoms with Crippen molar-refractivity contribution in [2.75, 3.05) is 13.1 Å². The molecule has 1 aliphatic heterocycles. The van der Waals surface area contributed by atoms with Crippen LogP contribution in [0.5, 0.6) is 0 Å². The molecule has 100 valence electrons. The fourth-order valence-electron chi connectivity index (χ4n) is 3.05. The van der Waals surface area contributed by atoms with Gasteiger partial charge in [0.1, 0.15) is 0 Å². The minimum Gasteiger partial charge on any atom is -0.481 e. The number of aliphatic carboxylic acids is 1. The van der Waals surface area contributed by atoms with Gasteiger partial charge < -0.3 is 10.0 Å². The van der Waals surface area contributed by atoms with Crippen LogP contribution in [0.25, 0.3) is 0 Å². The summed E-state index contributed by atoms with van der Waals surface area (Å²) in [6, 6.07) is 0. The number of hydrogen-bond donors (Lipinski definition) is 1. The molecule has 1 aliphatic carbocycles. The number of likely N-dealkylation sites (tertiary alicyclic amines) is 1. The Morgan fingerprint density at radius 1 is 1.56 bits per heavy atom. The van der Waals surface area contributed by atoms with Gasteiger partial charge in [-0.2, -0.15) is 0 Å². The van der Waals surface area contributed by atoms with Crippen LogP contribution in [-0.2, 0) is 9.59 Å². The molecule has 1 fully saturated rings. The Labute approximate surface area is 108 Å². The molecular formula is C14H21NO3. The minimum absolute atomic E-state index is 0.0523. The molecule has 18 heavy (non-hydrogen) atoms. The zero-order chi connectivity index (χ0) is 13.1. The van der Waals surface area contributed by atoms with Gasteiger partial charge in [0.2, 0.25) is 5.91 Å². The summed E-state index contributed by atoms with van der Waals surface area (Å²) in [4.78, 5) is 25.5. The van der Waals surface area contributed by atoms with Gasteiger partial charge in [-0.25, -0.2) is 0 Å². The number of fused-ring (bicyclic) bond motifs is 1. The van der Waals surface area contributed by atoms with E-state index in [0.717, 1.165) is 32.4 Å². The van der Waals surface area contributed by atoms with Gasteiger partial charge in [-0.1, -0.05) is 25.5 Å². The molecule has 0 bridgehead atoms. The molecule has 4 heteroatoms. The summed E-state index contributed by atoms with van der Waals surface area (Å²) >= 11 is 0. The fourth-order valence-corrected chi connectivity index (χ4v) is 3.05. The third-order valence-electron chi connectivity index (χ3n) is 4.10. The first-order valence-electron chi connectivity index (χ1n) is 6.83. The number of rotatable bonds is 4. The molecular weight excluding hydrogens is 230 g/mol. The van der Waals surface area contributed by atoms with E-state index >= 15 is 0 Å². The highest BCUT2D eigenvalue weighted by atomic mass is 16.4. The van der Waals surface area contributed by atoms with E-state index in [1.165, 1.54) is 0 Å². The molecule has 3 atom stereocenters. The Balaban J connectivity index is 2.13. The summed E-state index contributed by atoms with van der Waals surface area (Å²) in [6.45, 7) is 3.64. The molecule has 0 aromatic carbocycles. The third-order valence-corrected chi connectivity index (χ3v) is 4.10. The van der Waals surface area contributed by atoms with E-state index in [1.807, 2.05) is 17.1 Å². The molecule has 0 radical (unpaired) electrons. The average Bonchev–Trinajstić information content (AvgIpc) is 2.37. The molecule has 1 heterocycles. The fraction of sp³-hybridized carbons (Fsp3) is 0.714. The second-order valence-corrected chi connectivity index (χ2v) is 5.27. The number of piperidine rings is 1. The molecule has 2 aliphatic rings. The Hall–Kier alpha value is -1.32. The summed E-state index contributed by atoms with van der Waals surface area (Å²) < 4.78 is 0. The highest BCUT2D eigenvalue weighted by Crippen LogP contribution is 2.37. The Morgan fingerprint density at radius 2 is 2.33 bits per heavy atom. The van der Waals surface area contributed by atoms with Gasteiger partial charge in [-0.15, -0.1) is 0 Å². The molecule has 0 aromatic heterocycles. The van der Waals surface area contributed by atoms with Crippen molar-refractivity contribution in [1.29, 1.82) is 0 Å². The zero-order valence-electron chi connectivity index (χ0n) is 10.8. The van der Waals surface area contributed by atoms with Crippen molar-refractivity contribution in [3.05, 3.63) is 12.2 Å². The van der Waals surface area contributed by atoms with Gasteiger partial charge in [-0.05, 0) is 25.2 Å². The third kappa shape index (κ3) is 2.42. The van der Waals surface area contributed by atoms with Gasteiger partial charge in [0.15, 0.2) is 0 Å². The van der Waals surface area contributed by atoms with E-state index in [2.05, 4.69) is 6.92 Å². The van der Waals surface area contributed by atoms with Gasteiger partial charge in [0.05, 0.1) is 11.8 Å². The van der Waals surface area contributed by atoms with Crippen molar-refractivity contribution in [3.8, 4) is 0 Å². The maximum Gasteiger partial charge on any atom is 0.307 e. The number of nitrogens with zero attached hydrogens (tertiary/aromatic N) is 1. The molecule has 1 N–H and O–H groups in total. The van der Waals surface area contributed by atoms with Crippen molar-refractivity contribution >= 4 is 11.9 Å². The predicted octanol–water partition coefficient (Wildman–Crippen LogP) is 1.91. The average molecular weight is 251 g/mol. The number of amides is 1. The van der Waals surface area contributed by atoms with Crippen LogP contribution in [0, 0.1) is 17.8 Å². The lowest BCUT2D eigenvalue weighted by Gasteiger charge is -2.40. The van der Waals surface area contributed by atoms with Crippen LogP contribution in [0.1, 0.15) is 32.6 Å². The zero-order valence-corrected chi connectivity index (χ0v) is 10.8. The molecule has 0 aromatic rings. The number of allylic oxidation sites excluding steroid dienone is 2. The smallest absolute Gasteiger partial charge is 0.307 e. The summed E-state index contributed by atoms with van der Waals surface area (Å²) in [5.41, 5.74) is 0. The van der Waals surface area contributed by atoms with Crippen LogP contribution < -0.4 is 0 Å². The van der Waals surface area contributed by atoms with Crippen LogP contribution in [-0.4, -0.2) is 35.0 Å². The van der Waals surface area contributed by atoms with Gasteiger partial charge in [-0.3, -0.25) is 9.59 Å². The Morgan fingerprint density at radius 3 is 3.00 bits per heavy atom. The first kappa shape index (κ1) is 13.1. The maximum atomic E-state index is 12.4. The number of carboxylic acids is 1. The first-order valence-corrected chi connectivity index (χ1v) is 6.83. The number of hydrogen-bond acceptors (Lipinski definition) is 2. The molecule has 1 saturated heterocycles. The maximum absolute atomic E-state index is 12.4. The molecule has 0 saturated carbocycles. The van der Waals surface area contributed by atoms with E-state index < -0.39 is 11.9 Å². The lowest BCUT2D eigenvalue weighted by atomic mass is 9.71.